The van der Waals surface area contributed by atoms with Gasteiger partial charge in [0, 0.05) is 0 Å². The predicted octanol–water partition coefficient (Wildman–Crippen LogP) is 6.20. The molecule has 1 atom stereocenters. The van der Waals surface area contributed by atoms with E-state index >= 15 is 0 Å². The zero-order chi connectivity index (χ0) is 24.1. The van der Waals surface area contributed by atoms with Gasteiger partial charge in [-0.05, 0) is 78.5 Å². The molecule has 1 aromatic rings. The molecule has 1 rings (SSSR count). The summed E-state index contributed by atoms with van der Waals surface area (Å²) in [5.41, 5.74) is -3.41. The molecule has 0 heterocycles. The molecule has 1 unspecified atom stereocenters. The number of carbonyl (C=O) groups is 2. The Balaban J connectivity index is 3.23. The average Bonchev–Trinajstić information content (AvgIpc) is 2.62. The molecule has 0 saturated carbocycles. The SMILES string of the molecule is CCCOC(=O)C(C)(C)CCC(C)(NC(=O)OC(C)(C)C)c1cccc(C(F)(F)F)c1. The summed E-state index contributed by atoms with van der Waals surface area (Å²) in [6.07, 6.45) is -4.12. The summed E-state index contributed by atoms with van der Waals surface area (Å²) in [6, 6.07) is 4.81. The topological polar surface area (TPSA) is 64.6 Å². The highest BCUT2D eigenvalue weighted by Gasteiger charge is 2.38. The molecular formula is C23H34F3NO4. The van der Waals surface area contributed by atoms with E-state index in [9.17, 15) is 22.8 Å². The van der Waals surface area contributed by atoms with Crippen molar-refractivity contribution in [3.8, 4) is 0 Å². The molecule has 1 aromatic carbocycles. The van der Waals surface area contributed by atoms with E-state index in [1.165, 1.54) is 12.1 Å². The van der Waals surface area contributed by atoms with Gasteiger partial charge in [-0.15, -0.1) is 0 Å². The minimum atomic E-state index is -4.52. The number of esters is 1. The lowest BCUT2D eigenvalue weighted by Gasteiger charge is -2.35. The highest BCUT2D eigenvalue weighted by Crippen LogP contribution is 2.36. The van der Waals surface area contributed by atoms with Crippen LogP contribution in [-0.2, 0) is 26.0 Å². The summed E-state index contributed by atoms with van der Waals surface area (Å²) in [7, 11) is 0. The Morgan fingerprint density at radius 3 is 2.06 bits per heavy atom. The van der Waals surface area contributed by atoms with Crippen LogP contribution in [0, 0.1) is 5.41 Å². The first-order valence-electron chi connectivity index (χ1n) is 10.4. The second-order valence-electron chi connectivity index (χ2n) is 9.56. The number of hydrogen-bond acceptors (Lipinski definition) is 4. The highest BCUT2D eigenvalue weighted by atomic mass is 19.4. The number of rotatable bonds is 8. The van der Waals surface area contributed by atoms with Gasteiger partial charge in [-0.25, -0.2) is 4.79 Å². The van der Waals surface area contributed by atoms with Gasteiger partial charge in [0.15, 0.2) is 0 Å². The third kappa shape index (κ3) is 8.42. The number of hydrogen-bond donors (Lipinski definition) is 1. The summed E-state index contributed by atoms with van der Waals surface area (Å²) in [4.78, 5) is 24.9. The molecule has 0 bridgehead atoms. The van der Waals surface area contributed by atoms with Gasteiger partial charge in [-0.2, -0.15) is 13.2 Å². The first-order valence-corrected chi connectivity index (χ1v) is 10.4. The number of benzene rings is 1. The van der Waals surface area contributed by atoms with E-state index in [1.54, 1.807) is 41.5 Å². The maximum Gasteiger partial charge on any atom is 0.416 e. The molecule has 0 aliphatic rings. The average molecular weight is 446 g/mol. The first kappa shape index (κ1) is 26.8. The molecule has 1 N–H and O–H groups in total. The van der Waals surface area contributed by atoms with Crippen LogP contribution in [0.1, 0.15) is 78.9 Å². The fourth-order valence-electron chi connectivity index (χ4n) is 2.90. The number of ether oxygens (including phenoxy) is 2. The van der Waals surface area contributed by atoms with Gasteiger partial charge in [-0.3, -0.25) is 4.79 Å². The molecular weight excluding hydrogens is 411 g/mol. The number of alkyl halides is 3. The third-order valence-electron chi connectivity index (χ3n) is 4.84. The Kier molecular flexibility index (Phi) is 8.57. The first-order chi connectivity index (χ1) is 14.0. The van der Waals surface area contributed by atoms with E-state index in [2.05, 4.69) is 5.32 Å². The van der Waals surface area contributed by atoms with Crippen molar-refractivity contribution >= 4 is 12.1 Å². The molecule has 31 heavy (non-hydrogen) atoms. The molecule has 1 amide bonds. The zero-order valence-electron chi connectivity index (χ0n) is 19.4. The van der Waals surface area contributed by atoms with Crippen LogP contribution >= 0.6 is 0 Å². The lowest BCUT2D eigenvalue weighted by atomic mass is 9.79. The smallest absolute Gasteiger partial charge is 0.416 e. The van der Waals surface area contributed by atoms with Crippen LogP contribution in [-0.4, -0.2) is 24.3 Å². The molecule has 176 valence electrons. The van der Waals surface area contributed by atoms with Gasteiger partial charge in [0.25, 0.3) is 0 Å². The van der Waals surface area contributed by atoms with Crippen molar-refractivity contribution in [3.63, 3.8) is 0 Å². The van der Waals surface area contributed by atoms with Crippen molar-refractivity contribution in [3.05, 3.63) is 35.4 Å². The van der Waals surface area contributed by atoms with Gasteiger partial charge in [-0.1, -0.05) is 19.1 Å². The summed E-state index contributed by atoms with van der Waals surface area (Å²) in [5, 5.41) is 2.72. The Hall–Kier alpha value is -2.25. The zero-order valence-corrected chi connectivity index (χ0v) is 19.4. The summed E-state index contributed by atoms with van der Waals surface area (Å²) >= 11 is 0. The quantitative estimate of drug-likeness (QED) is 0.484. The van der Waals surface area contributed by atoms with Gasteiger partial charge < -0.3 is 14.8 Å². The minimum Gasteiger partial charge on any atom is -0.465 e. The van der Waals surface area contributed by atoms with E-state index in [1.807, 2.05) is 6.92 Å². The molecule has 0 aromatic heterocycles. The molecule has 0 spiro atoms. The van der Waals surface area contributed by atoms with Crippen LogP contribution in [0.15, 0.2) is 24.3 Å². The van der Waals surface area contributed by atoms with Crippen LogP contribution in [0.5, 0.6) is 0 Å². The lowest BCUT2D eigenvalue weighted by molar-refractivity contribution is -0.154. The molecule has 0 fully saturated rings. The number of alkyl carbamates (subject to hydrolysis) is 1. The molecule has 5 nitrogen and oxygen atoms in total. The van der Waals surface area contributed by atoms with Crippen LogP contribution in [0.3, 0.4) is 0 Å². The Morgan fingerprint density at radius 2 is 1.55 bits per heavy atom. The van der Waals surface area contributed by atoms with Crippen molar-refractivity contribution in [2.75, 3.05) is 6.61 Å². The number of nitrogens with one attached hydrogen (secondary N) is 1. The Bertz CT molecular complexity index is 769. The summed E-state index contributed by atoms with van der Waals surface area (Å²) in [5.74, 6) is -0.391. The molecule has 8 heteroatoms. The summed E-state index contributed by atoms with van der Waals surface area (Å²) in [6.45, 7) is 12.3. The highest BCUT2D eigenvalue weighted by molar-refractivity contribution is 5.76. The van der Waals surface area contributed by atoms with E-state index in [0.29, 0.717) is 13.0 Å². The van der Waals surface area contributed by atoms with E-state index in [0.717, 1.165) is 12.1 Å². The number of halogens is 3. The number of carbonyl (C=O) groups excluding carboxylic acids is 2. The maximum atomic E-state index is 13.3. The van der Waals surface area contributed by atoms with Crippen molar-refractivity contribution in [1.82, 2.24) is 5.32 Å². The second kappa shape index (κ2) is 9.92. The molecule has 0 aliphatic heterocycles. The fourth-order valence-corrected chi connectivity index (χ4v) is 2.90. The normalized spacial score (nSPS) is 14.5. The predicted molar refractivity (Wildman–Crippen MR) is 112 cm³/mol. The standard InChI is InChI=1S/C23H34F3NO4/c1-8-14-30-18(28)21(5,6)12-13-22(7,27-19(29)31-20(2,3)4)16-10-9-11-17(15-16)23(24,25)26/h9-11,15H,8,12-14H2,1-7H3,(H,27,29). The van der Waals surface area contributed by atoms with Crippen LogP contribution in [0.4, 0.5) is 18.0 Å². The van der Waals surface area contributed by atoms with Crippen molar-refractivity contribution < 1.29 is 32.2 Å². The van der Waals surface area contributed by atoms with Crippen LogP contribution in [0.2, 0.25) is 0 Å². The Labute approximate surface area is 182 Å². The summed E-state index contributed by atoms with van der Waals surface area (Å²) < 4.78 is 50.4. The fraction of sp³-hybridized carbons (Fsp3) is 0.652. The second-order valence-corrected chi connectivity index (χ2v) is 9.56. The van der Waals surface area contributed by atoms with E-state index in [-0.39, 0.29) is 18.4 Å². The number of amides is 1. The minimum absolute atomic E-state index is 0.196. The van der Waals surface area contributed by atoms with Crippen LogP contribution < -0.4 is 5.32 Å². The maximum absolute atomic E-state index is 13.3. The van der Waals surface area contributed by atoms with Gasteiger partial charge >= 0.3 is 18.2 Å². The van der Waals surface area contributed by atoms with Gasteiger partial charge in [0.1, 0.15) is 5.60 Å². The monoisotopic (exact) mass is 445 g/mol. The molecule has 0 radical (unpaired) electrons. The lowest BCUT2D eigenvalue weighted by Crippen LogP contribution is -2.46. The third-order valence-corrected chi connectivity index (χ3v) is 4.84. The van der Waals surface area contributed by atoms with Crippen LogP contribution in [0.25, 0.3) is 0 Å². The largest absolute Gasteiger partial charge is 0.465 e. The van der Waals surface area contributed by atoms with E-state index in [4.69, 9.17) is 9.47 Å². The van der Waals surface area contributed by atoms with E-state index < -0.39 is 40.4 Å². The van der Waals surface area contributed by atoms with Crippen molar-refractivity contribution in [2.24, 2.45) is 5.41 Å². The van der Waals surface area contributed by atoms with Gasteiger partial charge in [0.05, 0.1) is 23.1 Å². The molecule has 0 saturated heterocycles. The molecule has 0 aliphatic carbocycles. The van der Waals surface area contributed by atoms with Crippen molar-refractivity contribution in [1.29, 1.82) is 0 Å². The Morgan fingerprint density at radius 1 is 0.968 bits per heavy atom. The van der Waals surface area contributed by atoms with Gasteiger partial charge in [0.2, 0.25) is 0 Å². The van der Waals surface area contributed by atoms with Crippen molar-refractivity contribution in [2.45, 2.75) is 85.0 Å².